The number of hydrogen-bond acceptors (Lipinski definition) is 3. The number of thioether (sulfide) groups is 1. The van der Waals surface area contributed by atoms with Crippen molar-refractivity contribution < 1.29 is 9.90 Å². The topological polar surface area (TPSA) is 49.3 Å². The first kappa shape index (κ1) is 15.8. The van der Waals surface area contributed by atoms with Crippen molar-refractivity contribution in [2.75, 3.05) is 18.1 Å². The highest BCUT2D eigenvalue weighted by molar-refractivity contribution is 7.99. The minimum Gasteiger partial charge on any atom is -0.396 e. The summed E-state index contributed by atoms with van der Waals surface area (Å²) in [4.78, 5) is 11.5. The number of amides is 1. The molecule has 0 aliphatic rings. The monoisotopic (exact) mass is 247 g/mol. The molecule has 0 saturated heterocycles. The smallest absolute Gasteiger partial charge is 0.230 e. The molecule has 3 nitrogen and oxygen atoms in total. The average molecular weight is 247 g/mol. The maximum absolute atomic E-state index is 11.5. The molecule has 0 rings (SSSR count). The average Bonchev–Trinajstić information content (AvgIpc) is 2.22. The Balaban J connectivity index is 3.58. The summed E-state index contributed by atoms with van der Waals surface area (Å²) in [6.07, 6.45) is 1.15. The zero-order valence-electron chi connectivity index (χ0n) is 10.8. The molecule has 96 valence electrons. The molecule has 2 atom stereocenters. The highest BCUT2D eigenvalue weighted by Crippen LogP contribution is 2.08. The second-order valence-electron chi connectivity index (χ2n) is 4.75. The fourth-order valence-corrected chi connectivity index (χ4v) is 2.13. The predicted molar refractivity (Wildman–Crippen MR) is 70.6 cm³/mol. The highest BCUT2D eigenvalue weighted by atomic mass is 32.2. The van der Waals surface area contributed by atoms with Gasteiger partial charge in [0.1, 0.15) is 0 Å². The van der Waals surface area contributed by atoms with Crippen molar-refractivity contribution in [2.24, 2.45) is 11.8 Å². The third kappa shape index (κ3) is 7.99. The molecule has 0 radical (unpaired) electrons. The molecule has 0 heterocycles. The van der Waals surface area contributed by atoms with Crippen LogP contribution in [0.25, 0.3) is 0 Å². The maximum atomic E-state index is 11.5. The summed E-state index contributed by atoms with van der Waals surface area (Å²) < 4.78 is 0. The van der Waals surface area contributed by atoms with Gasteiger partial charge in [0.25, 0.3) is 0 Å². The van der Waals surface area contributed by atoms with Gasteiger partial charge in [-0.2, -0.15) is 11.8 Å². The fraction of sp³-hybridized carbons (Fsp3) is 0.917. The van der Waals surface area contributed by atoms with Crippen LogP contribution in [0.3, 0.4) is 0 Å². The number of carbonyl (C=O) groups excluding carboxylic acids is 1. The lowest BCUT2D eigenvalue weighted by Gasteiger charge is -2.19. The van der Waals surface area contributed by atoms with Crippen molar-refractivity contribution in [3.63, 3.8) is 0 Å². The van der Waals surface area contributed by atoms with E-state index in [-0.39, 0.29) is 24.5 Å². The quantitative estimate of drug-likeness (QED) is 0.644. The maximum Gasteiger partial charge on any atom is 0.230 e. The van der Waals surface area contributed by atoms with Crippen LogP contribution in [0.4, 0.5) is 0 Å². The van der Waals surface area contributed by atoms with Crippen molar-refractivity contribution in [2.45, 2.75) is 40.2 Å². The van der Waals surface area contributed by atoms with Gasteiger partial charge >= 0.3 is 0 Å². The van der Waals surface area contributed by atoms with E-state index in [9.17, 15) is 4.79 Å². The van der Waals surface area contributed by atoms with E-state index in [0.29, 0.717) is 11.7 Å². The molecule has 2 N–H and O–H groups in total. The second kappa shape index (κ2) is 8.88. The molecule has 0 bridgehead atoms. The summed E-state index contributed by atoms with van der Waals surface area (Å²) in [7, 11) is 0. The fourth-order valence-electron chi connectivity index (χ4n) is 1.08. The summed E-state index contributed by atoms with van der Waals surface area (Å²) >= 11 is 1.68. The third-order valence-corrected chi connectivity index (χ3v) is 3.59. The molecule has 0 aliphatic carbocycles. The molecule has 0 aromatic heterocycles. The summed E-state index contributed by atoms with van der Waals surface area (Å²) in [6, 6.07) is 0.0446. The van der Waals surface area contributed by atoms with Gasteiger partial charge in [0, 0.05) is 12.6 Å². The Morgan fingerprint density at radius 3 is 2.44 bits per heavy atom. The van der Waals surface area contributed by atoms with Gasteiger partial charge in [0.15, 0.2) is 0 Å². The van der Waals surface area contributed by atoms with E-state index in [0.717, 1.165) is 12.2 Å². The van der Waals surface area contributed by atoms with E-state index in [1.54, 1.807) is 11.8 Å². The van der Waals surface area contributed by atoms with Crippen molar-refractivity contribution in [1.29, 1.82) is 0 Å². The summed E-state index contributed by atoms with van der Waals surface area (Å²) in [5, 5.41) is 11.8. The normalized spacial score (nSPS) is 14.9. The van der Waals surface area contributed by atoms with Gasteiger partial charge in [0.2, 0.25) is 5.91 Å². The van der Waals surface area contributed by atoms with Gasteiger partial charge in [-0.25, -0.2) is 0 Å². The Kier molecular flexibility index (Phi) is 8.76. The van der Waals surface area contributed by atoms with Gasteiger partial charge in [0.05, 0.1) is 5.75 Å². The van der Waals surface area contributed by atoms with Crippen LogP contribution in [0.5, 0.6) is 0 Å². The SMILES string of the molecule is CC(C)CCSCC(=O)NC(C)C(C)CO. The summed E-state index contributed by atoms with van der Waals surface area (Å²) in [5.41, 5.74) is 0. The number of hydrogen-bond donors (Lipinski definition) is 2. The molecule has 2 unspecified atom stereocenters. The lowest BCUT2D eigenvalue weighted by atomic mass is 10.1. The first-order valence-electron chi connectivity index (χ1n) is 5.95. The first-order chi connectivity index (χ1) is 7.47. The first-order valence-corrected chi connectivity index (χ1v) is 7.10. The molecule has 16 heavy (non-hydrogen) atoms. The number of aliphatic hydroxyl groups is 1. The Bertz CT molecular complexity index is 197. The Hall–Kier alpha value is -0.220. The van der Waals surface area contributed by atoms with Gasteiger partial charge < -0.3 is 10.4 Å². The summed E-state index contributed by atoms with van der Waals surface area (Å²) in [6.45, 7) is 8.34. The predicted octanol–water partition coefficient (Wildman–Crippen LogP) is 1.90. The Morgan fingerprint density at radius 1 is 1.31 bits per heavy atom. The molecule has 1 amide bonds. The third-order valence-electron chi connectivity index (χ3n) is 2.60. The van der Waals surface area contributed by atoms with E-state index >= 15 is 0 Å². The van der Waals surface area contributed by atoms with Crippen molar-refractivity contribution in [3.8, 4) is 0 Å². The molecule has 0 spiro atoms. The van der Waals surface area contributed by atoms with Crippen LogP contribution in [0, 0.1) is 11.8 Å². The molecular weight excluding hydrogens is 222 g/mol. The van der Waals surface area contributed by atoms with Gasteiger partial charge in [-0.05, 0) is 30.9 Å². The van der Waals surface area contributed by atoms with Crippen molar-refractivity contribution in [1.82, 2.24) is 5.32 Å². The molecule has 0 saturated carbocycles. The largest absolute Gasteiger partial charge is 0.396 e. The molecule has 0 aromatic rings. The van der Waals surface area contributed by atoms with Gasteiger partial charge in [-0.3, -0.25) is 4.79 Å². The molecule has 0 aromatic carbocycles. The molecule has 0 aliphatic heterocycles. The van der Waals surface area contributed by atoms with Crippen LogP contribution < -0.4 is 5.32 Å². The van der Waals surface area contributed by atoms with E-state index < -0.39 is 0 Å². The van der Waals surface area contributed by atoms with Crippen LogP contribution in [0.1, 0.15) is 34.1 Å². The number of aliphatic hydroxyl groups excluding tert-OH is 1. The standard InChI is InChI=1S/C12H25NO2S/c1-9(2)5-6-16-8-12(15)13-11(4)10(3)7-14/h9-11,14H,5-8H2,1-4H3,(H,13,15). The minimum absolute atomic E-state index is 0.0446. The van der Waals surface area contributed by atoms with Crippen LogP contribution >= 0.6 is 11.8 Å². The highest BCUT2D eigenvalue weighted by Gasteiger charge is 2.13. The zero-order valence-corrected chi connectivity index (χ0v) is 11.6. The van der Waals surface area contributed by atoms with Gasteiger partial charge in [-0.1, -0.05) is 20.8 Å². The van der Waals surface area contributed by atoms with Crippen molar-refractivity contribution in [3.05, 3.63) is 0 Å². The van der Waals surface area contributed by atoms with Crippen LogP contribution in [0.15, 0.2) is 0 Å². The van der Waals surface area contributed by atoms with Crippen molar-refractivity contribution >= 4 is 17.7 Å². The van der Waals surface area contributed by atoms with E-state index in [2.05, 4.69) is 19.2 Å². The number of rotatable bonds is 8. The lowest BCUT2D eigenvalue weighted by molar-refractivity contribution is -0.119. The Morgan fingerprint density at radius 2 is 1.94 bits per heavy atom. The van der Waals surface area contributed by atoms with E-state index in [1.165, 1.54) is 0 Å². The zero-order chi connectivity index (χ0) is 12.6. The lowest BCUT2D eigenvalue weighted by Crippen LogP contribution is -2.39. The van der Waals surface area contributed by atoms with E-state index in [1.807, 2.05) is 13.8 Å². The minimum atomic E-state index is 0.0446. The summed E-state index contributed by atoms with van der Waals surface area (Å²) in [5.74, 6) is 2.44. The van der Waals surface area contributed by atoms with Crippen LogP contribution in [0.2, 0.25) is 0 Å². The van der Waals surface area contributed by atoms with Crippen LogP contribution in [-0.4, -0.2) is 35.2 Å². The molecule has 4 heteroatoms. The number of carbonyl (C=O) groups is 1. The Labute approximate surface area is 103 Å². The van der Waals surface area contributed by atoms with E-state index in [4.69, 9.17) is 5.11 Å². The second-order valence-corrected chi connectivity index (χ2v) is 5.86. The van der Waals surface area contributed by atoms with Gasteiger partial charge in [-0.15, -0.1) is 0 Å². The van der Waals surface area contributed by atoms with Crippen LogP contribution in [-0.2, 0) is 4.79 Å². The molecule has 0 fully saturated rings. The number of nitrogens with one attached hydrogen (secondary N) is 1. The molecular formula is C12H25NO2S.